The summed E-state index contributed by atoms with van der Waals surface area (Å²) in [6, 6.07) is 5.82. The second kappa shape index (κ2) is 5.53. The van der Waals surface area contributed by atoms with Gasteiger partial charge in [-0.25, -0.2) is 9.37 Å². The van der Waals surface area contributed by atoms with Gasteiger partial charge in [-0.05, 0) is 30.2 Å². The highest BCUT2D eigenvalue weighted by Crippen LogP contribution is 2.12. The van der Waals surface area contributed by atoms with Crippen LogP contribution in [0.4, 0.5) is 4.39 Å². The Labute approximate surface area is 115 Å². The number of aromatic nitrogens is 2. The molecule has 0 amide bonds. The summed E-state index contributed by atoms with van der Waals surface area (Å²) in [6.45, 7) is 4.10. The summed E-state index contributed by atoms with van der Waals surface area (Å²) in [5, 5.41) is 0.203. The zero-order valence-electron chi connectivity index (χ0n) is 10.8. The van der Waals surface area contributed by atoms with Gasteiger partial charge in [0.05, 0.1) is 6.54 Å². The first kappa shape index (κ1) is 13.7. The van der Waals surface area contributed by atoms with Crippen LogP contribution in [0, 0.1) is 12.7 Å². The van der Waals surface area contributed by atoms with E-state index in [1.807, 2.05) is 13.8 Å². The van der Waals surface area contributed by atoms with Crippen molar-refractivity contribution in [3.8, 4) is 0 Å². The number of halogens is 2. The minimum Gasteiger partial charge on any atom is -0.292 e. The molecular formula is C14H14ClFN2O. The van der Waals surface area contributed by atoms with Crippen LogP contribution >= 0.6 is 11.6 Å². The van der Waals surface area contributed by atoms with Crippen molar-refractivity contribution in [1.82, 2.24) is 9.55 Å². The minimum absolute atomic E-state index is 0.194. The van der Waals surface area contributed by atoms with Crippen LogP contribution < -0.4 is 5.56 Å². The van der Waals surface area contributed by atoms with Crippen LogP contribution in [-0.4, -0.2) is 9.55 Å². The van der Waals surface area contributed by atoms with Crippen LogP contribution in [0.25, 0.3) is 0 Å². The van der Waals surface area contributed by atoms with E-state index in [4.69, 9.17) is 11.6 Å². The molecule has 0 radical (unpaired) electrons. The Kier molecular flexibility index (Phi) is 4.00. The average Bonchev–Trinajstić information content (AvgIpc) is 2.34. The Bertz CT molecular complexity index is 667. The van der Waals surface area contributed by atoms with Gasteiger partial charge >= 0.3 is 0 Å². The van der Waals surface area contributed by atoms with Crippen molar-refractivity contribution in [2.24, 2.45) is 0 Å². The highest BCUT2D eigenvalue weighted by molar-refractivity contribution is 6.29. The molecule has 0 spiro atoms. The van der Waals surface area contributed by atoms with E-state index in [9.17, 15) is 9.18 Å². The SMILES string of the molecule is CCc1nc(Cl)cc(=O)n1Cc1ccc(F)cc1C. The minimum atomic E-state index is -0.279. The molecule has 0 aliphatic heterocycles. The number of benzene rings is 1. The summed E-state index contributed by atoms with van der Waals surface area (Å²) in [4.78, 5) is 16.1. The van der Waals surface area contributed by atoms with Crippen molar-refractivity contribution in [2.45, 2.75) is 26.8 Å². The molecule has 2 aromatic rings. The molecule has 3 nitrogen and oxygen atoms in total. The number of hydrogen-bond donors (Lipinski definition) is 0. The van der Waals surface area contributed by atoms with Crippen molar-refractivity contribution in [2.75, 3.05) is 0 Å². The Morgan fingerprint density at radius 2 is 2.11 bits per heavy atom. The quantitative estimate of drug-likeness (QED) is 0.810. The predicted molar refractivity (Wildman–Crippen MR) is 73.1 cm³/mol. The third-order valence-electron chi connectivity index (χ3n) is 3.01. The first-order valence-corrected chi connectivity index (χ1v) is 6.40. The Morgan fingerprint density at radius 3 is 2.74 bits per heavy atom. The van der Waals surface area contributed by atoms with E-state index in [0.717, 1.165) is 11.1 Å². The van der Waals surface area contributed by atoms with Gasteiger partial charge in [0.2, 0.25) is 0 Å². The zero-order valence-corrected chi connectivity index (χ0v) is 11.5. The molecule has 0 atom stereocenters. The molecule has 19 heavy (non-hydrogen) atoms. The van der Waals surface area contributed by atoms with Gasteiger partial charge in [0.25, 0.3) is 5.56 Å². The molecule has 0 aliphatic rings. The fraction of sp³-hybridized carbons (Fsp3) is 0.286. The first-order chi connectivity index (χ1) is 9.01. The Balaban J connectivity index is 2.46. The monoisotopic (exact) mass is 280 g/mol. The van der Waals surface area contributed by atoms with Gasteiger partial charge in [0, 0.05) is 12.5 Å². The molecule has 2 rings (SSSR count). The van der Waals surface area contributed by atoms with Gasteiger partial charge in [-0.3, -0.25) is 9.36 Å². The van der Waals surface area contributed by atoms with Crippen LogP contribution in [0.5, 0.6) is 0 Å². The lowest BCUT2D eigenvalue weighted by Crippen LogP contribution is -2.25. The molecule has 1 heterocycles. The summed E-state index contributed by atoms with van der Waals surface area (Å²) >= 11 is 5.78. The summed E-state index contributed by atoms with van der Waals surface area (Å²) in [5.74, 6) is 0.347. The summed E-state index contributed by atoms with van der Waals surface area (Å²) in [7, 11) is 0. The lowest BCUT2D eigenvalue weighted by Gasteiger charge is -2.12. The van der Waals surface area contributed by atoms with E-state index in [-0.39, 0.29) is 16.5 Å². The van der Waals surface area contributed by atoms with Crippen molar-refractivity contribution in [3.05, 3.63) is 62.5 Å². The highest BCUT2D eigenvalue weighted by Gasteiger charge is 2.08. The number of nitrogens with zero attached hydrogens (tertiary/aromatic N) is 2. The smallest absolute Gasteiger partial charge is 0.255 e. The van der Waals surface area contributed by atoms with E-state index in [0.29, 0.717) is 18.8 Å². The highest BCUT2D eigenvalue weighted by atomic mass is 35.5. The molecule has 1 aromatic heterocycles. The van der Waals surface area contributed by atoms with E-state index < -0.39 is 0 Å². The number of rotatable bonds is 3. The lowest BCUT2D eigenvalue weighted by molar-refractivity contribution is 0.622. The van der Waals surface area contributed by atoms with Crippen molar-refractivity contribution in [1.29, 1.82) is 0 Å². The number of hydrogen-bond acceptors (Lipinski definition) is 2. The molecular weight excluding hydrogens is 267 g/mol. The molecule has 0 fully saturated rings. The average molecular weight is 281 g/mol. The maximum atomic E-state index is 13.1. The molecule has 0 N–H and O–H groups in total. The lowest BCUT2D eigenvalue weighted by atomic mass is 10.1. The third-order valence-corrected chi connectivity index (χ3v) is 3.20. The fourth-order valence-corrected chi connectivity index (χ4v) is 2.16. The van der Waals surface area contributed by atoms with E-state index in [1.54, 1.807) is 10.6 Å². The summed E-state index contributed by atoms with van der Waals surface area (Å²) < 4.78 is 14.6. The Morgan fingerprint density at radius 1 is 1.37 bits per heavy atom. The fourth-order valence-electron chi connectivity index (χ4n) is 1.97. The van der Waals surface area contributed by atoms with Gasteiger partial charge in [0.1, 0.15) is 16.8 Å². The molecule has 0 saturated carbocycles. The first-order valence-electron chi connectivity index (χ1n) is 6.02. The van der Waals surface area contributed by atoms with Crippen LogP contribution in [0.1, 0.15) is 23.9 Å². The standard InChI is InChI=1S/C14H14ClFN2O/c1-3-13-17-12(15)7-14(19)18(13)8-10-4-5-11(16)6-9(10)2/h4-7H,3,8H2,1-2H3. The van der Waals surface area contributed by atoms with Gasteiger partial charge < -0.3 is 0 Å². The molecule has 0 saturated heterocycles. The van der Waals surface area contributed by atoms with Gasteiger partial charge in [-0.15, -0.1) is 0 Å². The Hall–Kier alpha value is -1.68. The summed E-state index contributed by atoms with van der Waals surface area (Å²) in [5.41, 5.74) is 1.51. The molecule has 0 unspecified atom stereocenters. The number of aryl methyl sites for hydroxylation is 2. The van der Waals surface area contributed by atoms with E-state index >= 15 is 0 Å². The molecule has 5 heteroatoms. The third kappa shape index (κ3) is 3.01. The van der Waals surface area contributed by atoms with Crippen molar-refractivity contribution in [3.63, 3.8) is 0 Å². The van der Waals surface area contributed by atoms with Crippen LogP contribution in [0.15, 0.2) is 29.1 Å². The van der Waals surface area contributed by atoms with Crippen molar-refractivity contribution >= 4 is 11.6 Å². The van der Waals surface area contributed by atoms with Gasteiger partial charge in [-0.1, -0.05) is 24.6 Å². The topological polar surface area (TPSA) is 34.9 Å². The van der Waals surface area contributed by atoms with Crippen LogP contribution in [0.3, 0.4) is 0 Å². The van der Waals surface area contributed by atoms with Gasteiger partial charge in [-0.2, -0.15) is 0 Å². The molecule has 0 aliphatic carbocycles. The van der Waals surface area contributed by atoms with E-state index in [1.165, 1.54) is 18.2 Å². The van der Waals surface area contributed by atoms with Crippen molar-refractivity contribution < 1.29 is 4.39 Å². The normalized spacial score (nSPS) is 10.7. The van der Waals surface area contributed by atoms with Gasteiger partial charge in [0.15, 0.2) is 0 Å². The second-order valence-electron chi connectivity index (χ2n) is 4.34. The largest absolute Gasteiger partial charge is 0.292 e. The molecule has 100 valence electrons. The molecule has 0 bridgehead atoms. The van der Waals surface area contributed by atoms with Crippen LogP contribution in [-0.2, 0) is 13.0 Å². The predicted octanol–water partition coefficient (Wildman–Crippen LogP) is 2.95. The second-order valence-corrected chi connectivity index (χ2v) is 4.73. The van der Waals surface area contributed by atoms with Crippen LogP contribution in [0.2, 0.25) is 5.15 Å². The zero-order chi connectivity index (χ0) is 14.0. The summed E-state index contributed by atoms with van der Waals surface area (Å²) in [6.07, 6.45) is 0.607. The maximum absolute atomic E-state index is 13.1. The maximum Gasteiger partial charge on any atom is 0.255 e. The van der Waals surface area contributed by atoms with E-state index in [2.05, 4.69) is 4.98 Å². The molecule has 1 aromatic carbocycles.